The first kappa shape index (κ1) is 33.6. The minimum absolute atomic E-state index is 0.0173. The lowest BCUT2D eigenvalue weighted by molar-refractivity contribution is -0.291. The SMILES string of the molecule is C/C(=C\CC(O)/C(C)=C/CO)C(=O)OC/C=C(\C)C(O)C/C=C(\C)C(=O)O[C@@H]1O[C@H](CO)[C@@H](O)[C@H](O)[C@H]1O. The third-order valence-corrected chi connectivity index (χ3v) is 6.09. The quantitative estimate of drug-likeness (QED) is 0.0861. The Balaban J connectivity index is 2.57. The average molecular weight is 545 g/mol. The summed E-state index contributed by atoms with van der Waals surface area (Å²) in [6, 6.07) is 0. The first-order valence-corrected chi connectivity index (χ1v) is 12.2. The van der Waals surface area contributed by atoms with Gasteiger partial charge in [-0.2, -0.15) is 0 Å². The van der Waals surface area contributed by atoms with E-state index in [9.17, 15) is 40.2 Å². The molecular weight excluding hydrogens is 504 g/mol. The number of ether oxygens (including phenoxy) is 3. The Labute approximate surface area is 221 Å². The van der Waals surface area contributed by atoms with Crippen LogP contribution in [0.4, 0.5) is 0 Å². The lowest BCUT2D eigenvalue weighted by Crippen LogP contribution is -2.59. The zero-order valence-electron chi connectivity index (χ0n) is 22.1. The van der Waals surface area contributed by atoms with Gasteiger partial charge in [-0.1, -0.05) is 18.2 Å². The topological polar surface area (TPSA) is 203 Å². The van der Waals surface area contributed by atoms with Crippen molar-refractivity contribution < 1.29 is 59.5 Å². The second-order valence-corrected chi connectivity index (χ2v) is 9.06. The predicted molar refractivity (Wildman–Crippen MR) is 134 cm³/mol. The number of esters is 2. The smallest absolute Gasteiger partial charge is 0.335 e. The highest BCUT2D eigenvalue weighted by atomic mass is 16.7. The number of aliphatic hydroxyl groups is 7. The van der Waals surface area contributed by atoms with Gasteiger partial charge in [-0.15, -0.1) is 0 Å². The Morgan fingerprint density at radius 2 is 1.32 bits per heavy atom. The van der Waals surface area contributed by atoms with E-state index in [1.807, 2.05) is 0 Å². The minimum atomic E-state index is -1.72. The van der Waals surface area contributed by atoms with E-state index < -0.39 is 61.5 Å². The summed E-state index contributed by atoms with van der Waals surface area (Å²) in [6.07, 6.45) is -3.53. The van der Waals surface area contributed by atoms with Crippen LogP contribution in [0, 0.1) is 0 Å². The van der Waals surface area contributed by atoms with Crippen molar-refractivity contribution in [2.75, 3.05) is 19.8 Å². The molecule has 0 saturated carbocycles. The highest BCUT2D eigenvalue weighted by Crippen LogP contribution is 2.23. The highest BCUT2D eigenvalue weighted by Gasteiger charge is 2.45. The van der Waals surface area contributed by atoms with E-state index in [4.69, 9.17) is 19.3 Å². The minimum Gasteiger partial charge on any atom is -0.458 e. The van der Waals surface area contributed by atoms with Crippen molar-refractivity contribution in [1.82, 2.24) is 0 Å². The zero-order valence-corrected chi connectivity index (χ0v) is 22.1. The molecule has 1 aliphatic heterocycles. The molecule has 1 heterocycles. The maximum Gasteiger partial charge on any atom is 0.335 e. The summed E-state index contributed by atoms with van der Waals surface area (Å²) in [5.74, 6) is -1.49. The van der Waals surface area contributed by atoms with Crippen molar-refractivity contribution in [2.45, 2.75) is 83.5 Å². The van der Waals surface area contributed by atoms with Gasteiger partial charge in [0.1, 0.15) is 31.0 Å². The normalized spacial score (nSPS) is 27.1. The molecule has 38 heavy (non-hydrogen) atoms. The zero-order chi connectivity index (χ0) is 29.0. The lowest BCUT2D eigenvalue weighted by atomic mass is 9.99. The van der Waals surface area contributed by atoms with Crippen LogP contribution in [0.5, 0.6) is 0 Å². The highest BCUT2D eigenvalue weighted by molar-refractivity contribution is 5.88. The molecule has 0 spiro atoms. The summed E-state index contributed by atoms with van der Waals surface area (Å²) in [4.78, 5) is 24.4. The number of hydrogen-bond donors (Lipinski definition) is 7. The standard InChI is InChI=1S/C26H40O12/c1-14(9-11-27)18(29)7-5-16(3)24(34)36-12-10-15(2)19(30)8-6-17(4)25(35)38-26-23(33)22(32)21(31)20(13-28)37-26/h5-6,9-10,18-23,26-33H,7-8,11-13H2,1-4H3/b14-9+,15-10+,16-5+,17-6+/t18?,19?,20-,21-,22+,23-,26+/m1/s1. The largest absolute Gasteiger partial charge is 0.458 e. The summed E-state index contributed by atoms with van der Waals surface area (Å²) in [5, 5.41) is 67.9. The van der Waals surface area contributed by atoms with E-state index >= 15 is 0 Å². The Kier molecular flexibility index (Phi) is 14.6. The molecule has 0 aromatic heterocycles. The van der Waals surface area contributed by atoms with E-state index in [2.05, 4.69) is 0 Å². The van der Waals surface area contributed by atoms with E-state index in [0.29, 0.717) is 16.7 Å². The van der Waals surface area contributed by atoms with Crippen LogP contribution in [0.3, 0.4) is 0 Å². The van der Waals surface area contributed by atoms with Gasteiger partial charge in [-0.3, -0.25) is 0 Å². The van der Waals surface area contributed by atoms with E-state index in [-0.39, 0.29) is 31.6 Å². The van der Waals surface area contributed by atoms with Crippen LogP contribution < -0.4 is 0 Å². The lowest BCUT2D eigenvalue weighted by Gasteiger charge is -2.39. The molecule has 12 nitrogen and oxygen atoms in total. The van der Waals surface area contributed by atoms with Crippen LogP contribution in [0.25, 0.3) is 0 Å². The molecule has 0 radical (unpaired) electrons. The molecule has 216 valence electrons. The van der Waals surface area contributed by atoms with Crippen LogP contribution in [-0.4, -0.2) is 110 Å². The molecule has 1 rings (SSSR count). The summed E-state index contributed by atoms with van der Waals surface area (Å²) in [7, 11) is 0. The molecule has 0 aliphatic carbocycles. The molecule has 1 saturated heterocycles. The Bertz CT molecular complexity index is 904. The fourth-order valence-corrected chi connectivity index (χ4v) is 3.26. The van der Waals surface area contributed by atoms with E-state index in [1.165, 1.54) is 31.2 Å². The van der Waals surface area contributed by atoms with Crippen LogP contribution in [0.2, 0.25) is 0 Å². The molecular formula is C26H40O12. The summed E-state index contributed by atoms with van der Waals surface area (Å²) < 4.78 is 15.3. The van der Waals surface area contributed by atoms with Gasteiger partial charge in [0.15, 0.2) is 0 Å². The van der Waals surface area contributed by atoms with Gasteiger partial charge in [0.2, 0.25) is 6.29 Å². The molecule has 2 unspecified atom stereocenters. The van der Waals surface area contributed by atoms with Crippen molar-refractivity contribution >= 4 is 11.9 Å². The molecule has 0 aromatic carbocycles. The van der Waals surface area contributed by atoms with Crippen LogP contribution in [0.1, 0.15) is 40.5 Å². The third kappa shape index (κ3) is 10.4. The predicted octanol–water partition coefficient (Wildman–Crippen LogP) is -0.848. The fourth-order valence-electron chi connectivity index (χ4n) is 3.26. The third-order valence-electron chi connectivity index (χ3n) is 6.09. The fraction of sp³-hybridized carbons (Fsp3) is 0.615. The van der Waals surface area contributed by atoms with Gasteiger partial charge in [0, 0.05) is 11.1 Å². The molecule has 7 N–H and O–H groups in total. The summed E-state index contributed by atoms with van der Waals surface area (Å²) in [5.41, 5.74) is 1.44. The van der Waals surface area contributed by atoms with Crippen molar-refractivity contribution in [3.05, 3.63) is 46.6 Å². The second kappa shape index (κ2) is 16.5. The first-order chi connectivity index (χ1) is 17.8. The van der Waals surface area contributed by atoms with Crippen LogP contribution in [-0.2, 0) is 23.8 Å². The molecule has 7 atom stereocenters. The van der Waals surface area contributed by atoms with E-state index in [1.54, 1.807) is 20.8 Å². The summed E-state index contributed by atoms with van der Waals surface area (Å²) >= 11 is 0. The van der Waals surface area contributed by atoms with Crippen molar-refractivity contribution in [1.29, 1.82) is 0 Å². The number of aliphatic hydroxyl groups excluding tert-OH is 7. The first-order valence-electron chi connectivity index (χ1n) is 12.2. The van der Waals surface area contributed by atoms with Crippen molar-refractivity contribution in [3.8, 4) is 0 Å². The van der Waals surface area contributed by atoms with Gasteiger partial charge < -0.3 is 50.0 Å². The molecule has 12 heteroatoms. The van der Waals surface area contributed by atoms with Gasteiger partial charge in [-0.25, -0.2) is 9.59 Å². The second-order valence-electron chi connectivity index (χ2n) is 9.06. The number of carbonyl (C=O) groups excluding carboxylic acids is 2. The Morgan fingerprint density at radius 1 is 0.789 bits per heavy atom. The van der Waals surface area contributed by atoms with Crippen LogP contribution >= 0.6 is 0 Å². The summed E-state index contributed by atoms with van der Waals surface area (Å²) in [6.45, 7) is 5.27. The van der Waals surface area contributed by atoms with E-state index in [0.717, 1.165) is 0 Å². The van der Waals surface area contributed by atoms with Crippen LogP contribution in [0.15, 0.2) is 46.6 Å². The number of carbonyl (C=O) groups is 2. The Hall–Kier alpha value is -2.42. The maximum atomic E-state index is 12.3. The van der Waals surface area contributed by atoms with Gasteiger partial charge in [0.05, 0.1) is 25.4 Å². The molecule has 0 bridgehead atoms. The molecule has 1 aliphatic rings. The van der Waals surface area contributed by atoms with Gasteiger partial charge in [0.25, 0.3) is 0 Å². The Morgan fingerprint density at radius 3 is 1.84 bits per heavy atom. The van der Waals surface area contributed by atoms with Crippen molar-refractivity contribution in [2.24, 2.45) is 0 Å². The number of rotatable bonds is 13. The van der Waals surface area contributed by atoms with Crippen molar-refractivity contribution in [3.63, 3.8) is 0 Å². The van der Waals surface area contributed by atoms with Gasteiger partial charge in [-0.05, 0) is 57.8 Å². The maximum absolute atomic E-state index is 12.3. The average Bonchev–Trinajstić information content (AvgIpc) is 2.89. The molecule has 0 aromatic rings. The molecule has 1 fully saturated rings. The van der Waals surface area contributed by atoms with Gasteiger partial charge >= 0.3 is 11.9 Å². The number of hydrogen-bond acceptors (Lipinski definition) is 12. The monoisotopic (exact) mass is 544 g/mol. The molecule has 0 amide bonds.